The summed E-state index contributed by atoms with van der Waals surface area (Å²) in [6, 6.07) is 18.8. The minimum atomic E-state index is -0.822. The zero-order chi connectivity index (χ0) is 25.2. The summed E-state index contributed by atoms with van der Waals surface area (Å²) in [5, 5.41) is 9.69. The predicted molar refractivity (Wildman–Crippen MR) is 138 cm³/mol. The summed E-state index contributed by atoms with van der Waals surface area (Å²) in [6.07, 6.45) is 1.64. The molecule has 0 amide bonds. The molecule has 0 aliphatic rings. The topological polar surface area (TPSA) is 100 Å². The highest BCUT2D eigenvalue weighted by molar-refractivity contribution is 6.32. The molecule has 1 unspecified atom stereocenters. The van der Waals surface area contributed by atoms with Gasteiger partial charge in [0.25, 0.3) is 0 Å². The number of hydrogen-bond acceptors (Lipinski definition) is 7. The smallest absolute Gasteiger partial charge is 0.195 e. The van der Waals surface area contributed by atoms with E-state index in [-0.39, 0.29) is 10.6 Å². The quantitative estimate of drug-likeness (QED) is 0.316. The Morgan fingerprint density at radius 2 is 1.86 bits per heavy atom. The molecule has 1 atom stereocenters. The summed E-state index contributed by atoms with van der Waals surface area (Å²) in [7, 11) is 2.94. The average Bonchev–Trinajstić information content (AvgIpc) is 3.33. The molecule has 0 spiro atoms. The van der Waals surface area contributed by atoms with E-state index in [0.29, 0.717) is 28.9 Å². The number of halogens is 2. The van der Waals surface area contributed by atoms with Crippen LogP contribution in [0.15, 0.2) is 72.9 Å². The predicted octanol–water partition coefficient (Wildman–Crippen LogP) is 5.14. The van der Waals surface area contributed by atoms with Crippen LogP contribution >= 0.6 is 11.6 Å². The van der Waals surface area contributed by atoms with Crippen molar-refractivity contribution < 1.29 is 14.0 Å². The van der Waals surface area contributed by atoms with E-state index in [1.54, 1.807) is 6.20 Å². The fourth-order valence-electron chi connectivity index (χ4n) is 3.99. The van der Waals surface area contributed by atoms with Gasteiger partial charge in [-0.15, -0.1) is 5.10 Å². The number of methoxy groups -OCH3 is 1. The number of benzene rings is 3. The fourth-order valence-corrected chi connectivity index (χ4v) is 4.22. The Morgan fingerprint density at radius 1 is 1.06 bits per heavy atom. The highest BCUT2D eigenvalue weighted by Gasteiger charge is 2.28. The van der Waals surface area contributed by atoms with E-state index in [1.807, 2.05) is 54.6 Å². The molecule has 5 rings (SSSR count). The zero-order valence-corrected chi connectivity index (χ0v) is 20.2. The van der Waals surface area contributed by atoms with Crippen molar-refractivity contribution in [2.45, 2.75) is 6.04 Å². The Balaban J connectivity index is 1.66. The molecule has 0 aliphatic carbocycles. The summed E-state index contributed by atoms with van der Waals surface area (Å²) < 4.78 is 20.7. The third-order valence-corrected chi connectivity index (χ3v) is 6.05. The van der Waals surface area contributed by atoms with Crippen molar-refractivity contribution in [2.75, 3.05) is 25.3 Å². The van der Waals surface area contributed by atoms with E-state index in [4.69, 9.17) is 31.9 Å². The lowest BCUT2D eigenvalue weighted by molar-refractivity contribution is 0.124. The molecule has 0 aliphatic heterocycles. The van der Waals surface area contributed by atoms with Crippen molar-refractivity contribution in [1.29, 1.82) is 0 Å². The Bertz CT molecular complexity index is 1540. The van der Waals surface area contributed by atoms with E-state index >= 15 is 4.39 Å². The number of ether oxygens (including phenoxy) is 1. The normalized spacial score (nSPS) is 11.9. The van der Waals surface area contributed by atoms with Crippen LogP contribution in [0.3, 0.4) is 0 Å². The van der Waals surface area contributed by atoms with Gasteiger partial charge in [0.2, 0.25) is 0 Å². The second-order valence-electron chi connectivity index (χ2n) is 7.93. The molecule has 0 saturated heterocycles. The molecule has 8 nitrogen and oxygen atoms in total. The number of rotatable bonds is 7. The van der Waals surface area contributed by atoms with Gasteiger partial charge in [-0.3, -0.25) is 0 Å². The van der Waals surface area contributed by atoms with Crippen LogP contribution in [-0.4, -0.2) is 34.1 Å². The Kier molecular flexibility index (Phi) is 6.30. The van der Waals surface area contributed by atoms with Gasteiger partial charge < -0.3 is 20.6 Å². The lowest BCUT2D eigenvalue weighted by Gasteiger charge is -2.21. The van der Waals surface area contributed by atoms with Crippen LogP contribution < -0.4 is 20.6 Å². The van der Waals surface area contributed by atoms with Gasteiger partial charge in [-0.25, -0.2) is 14.4 Å². The van der Waals surface area contributed by atoms with E-state index < -0.39 is 11.9 Å². The lowest BCUT2D eigenvalue weighted by Crippen LogP contribution is -2.22. The Morgan fingerprint density at radius 3 is 2.61 bits per heavy atom. The summed E-state index contributed by atoms with van der Waals surface area (Å²) in [6.45, 7) is 0. The molecule has 3 aromatic carbocycles. The number of nitrogens with zero attached hydrogens (tertiary/aromatic N) is 4. The number of nitrogen functional groups attached to an aromatic ring is 1. The van der Waals surface area contributed by atoms with Gasteiger partial charge in [0.1, 0.15) is 30.5 Å². The van der Waals surface area contributed by atoms with Crippen LogP contribution in [0.5, 0.6) is 5.75 Å². The molecule has 0 radical (unpaired) electrons. The first-order valence-corrected chi connectivity index (χ1v) is 11.4. The summed E-state index contributed by atoms with van der Waals surface area (Å²) in [5.41, 5.74) is 7.73. The number of fused-ring (bicyclic) bond motifs is 1. The highest BCUT2D eigenvalue weighted by atomic mass is 35.5. The highest BCUT2D eigenvalue weighted by Crippen LogP contribution is 2.35. The largest absolute Gasteiger partial charge is 0.495 e. The van der Waals surface area contributed by atoms with Crippen molar-refractivity contribution in [3.63, 3.8) is 0 Å². The molecule has 3 N–H and O–H groups in total. The molecule has 10 heteroatoms. The molecule has 2 heterocycles. The minimum Gasteiger partial charge on any atom is -0.495 e. The van der Waals surface area contributed by atoms with Crippen molar-refractivity contribution in [3.8, 4) is 17.1 Å². The zero-order valence-electron chi connectivity index (χ0n) is 19.4. The van der Waals surface area contributed by atoms with E-state index in [0.717, 1.165) is 16.3 Å². The van der Waals surface area contributed by atoms with E-state index in [1.165, 1.54) is 31.2 Å². The van der Waals surface area contributed by atoms with Gasteiger partial charge >= 0.3 is 0 Å². The summed E-state index contributed by atoms with van der Waals surface area (Å²) >= 11 is 6.17. The third-order valence-electron chi connectivity index (χ3n) is 5.75. The van der Waals surface area contributed by atoms with Crippen molar-refractivity contribution >= 4 is 33.9 Å². The van der Waals surface area contributed by atoms with Crippen LogP contribution in [0.2, 0.25) is 5.02 Å². The number of anilines is 2. The first kappa shape index (κ1) is 23.4. The van der Waals surface area contributed by atoms with Crippen LogP contribution in [0.4, 0.5) is 15.9 Å². The molecule has 0 saturated carbocycles. The van der Waals surface area contributed by atoms with Crippen LogP contribution in [-0.2, 0) is 0 Å². The number of hydrogen-bond donors (Lipinski definition) is 2. The summed E-state index contributed by atoms with van der Waals surface area (Å²) in [5.74, 6) is 0.964. The number of pyridine rings is 1. The molecule has 0 fully saturated rings. The van der Waals surface area contributed by atoms with Gasteiger partial charge in [0.05, 0.1) is 12.1 Å². The summed E-state index contributed by atoms with van der Waals surface area (Å²) in [4.78, 5) is 15.6. The van der Waals surface area contributed by atoms with Gasteiger partial charge in [0.15, 0.2) is 11.6 Å². The first-order chi connectivity index (χ1) is 17.5. The monoisotopic (exact) mass is 504 g/mol. The third kappa shape index (κ3) is 4.36. The van der Waals surface area contributed by atoms with Crippen LogP contribution in [0.1, 0.15) is 17.4 Å². The van der Waals surface area contributed by atoms with Gasteiger partial charge in [-0.05, 0) is 41.8 Å². The number of nitrogens with two attached hydrogens (primary N) is 1. The maximum absolute atomic E-state index is 15.4. The van der Waals surface area contributed by atoms with E-state index in [9.17, 15) is 0 Å². The van der Waals surface area contributed by atoms with Crippen molar-refractivity contribution in [2.24, 2.45) is 0 Å². The molecule has 0 bridgehead atoms. The number of nitrogens with one attached hydrogen (secondary N) is 1. The number of aromatic nitrogens is 4. The van der Waals surface area contributed by atoms with Gasteiger partial charge in [-0.2, -0.15) is 0 Å². The Hall–Kier alpha value is -4.37. The van der Waals surface area contributed by atoms with E-state index in [2.05, 4.69) is 15.4 Å². The Labute approximate surface area is 211 Å². The van der Waals surface area contributed by atoms with Crippen molar-refractivity contribution in [1.82, 2.24) is 19.9 Å². The molecule has 2 aromatic heterocycles. The minimum absolute atomic E-state index is 0.157. The molecular formula is C26H22ClFN6O2. The van der Waals surface area contributed by atoms with Gasteiger partial charge in [0, 0.05) is 28.4 Å². The van der Waals surface area contributed by atoms with Crippen molar-refractivity contribution in [3.05, 3.63) is 95.2 Å². The molecular weight excluding hydrogens is 483 g/mol. The molecule has 5 aromatic rings. The van der Waals surface area contributed by atoms with Crippen LogP contribution in [0.25, 0.3) is 22.2 Å². The lowest BCUT2D eigenvalue weighted by atomic mass is 10.0. The van der Waals surface area contributed by atoms with Crippen LogP contribution in [0, 0.1) is 5.82 Å². The SMILES string of the molecule is COc1cc(C(Nc2ccc3c(N)nccc3c2)c2nc(-c3ccccc3)nn2OC)c(F)cc1Cl. The average molecular weight is 505 g/mol. The molecule has 36 heavy (non-hydrogen) atoms. The fraction of sp³-hybridized carbons (Fsp3) is 0.115. The van der Waals surface area contributed by atoms with Gasteiger partial charge in [-0.1, -0.05) is 46.8 Å². The maximum Gasteiger partial charge on any atom is 0.195 e. The molecule has 182 valence electrons. The second kappa shape index (κ2) is 9.71. The standard InChI is InChI=1S/C26H22ClFN6O2/c1-35-22-13-19(21(28)14-20(22)27)23(31-17-8-9-18-16(12-17)10-11-30-24(18)29)26-32-25(33-34(26)36-2)15-6-4-3-5-7-15/h3-14,23,31H,1-2H3,(H2,29,30). The first-order valence-electron chi connectivity index (χ1n) is 11.0. The maximum atomic E-state index is 15.4. The second-order valence-corrected chi connectivity index (χ2v) is 8.34.